The lowest BCUT2D eigenvalue weighted by Gasteiger charge is -2.14. The molecular formula is C27H19ClN6O. The summed E-state index contributed by atoms with van der Waals surface area (Å²) in [6.07, 6.45) is 3.33. The van der Waals surface area contributed by atoms with Crippen LogP contribution in [0.5, 0.6) is 0 Å². The van der Waals surface area contributed by atoms with E-state index in [0.717, 1.165) is 22.5 Å². The van der Waals surface area contributed by atoms with Crippen LogP contribution in [0.15, 0.2) is 102 Å². The summed E-state index contributed by atoms with van der Waals surface area (Å²) in [5, 5.41) is 9.75. The summed E-state index contributed by atoms with van der Waals surface area (Å²) < 4.78 is 5.12. The van der Waals surface area contributed by atoms with Gasteiger partial charge in [-0.2, -0.15) is 10.2 Å². The maximum atomic E-state index is 13.8. The molecule has 0 bridgehead atoms. The van der Waals surface area contributed by atoms with Crippen molar-refractivity contribution in [3.05, 3.63) is 113 Å². The van der Waals surface area contributed by atoms with E-state index in [1.165, 1.54) is 0 Å². The zero-order valence-electron chi connectivity index (χ0n) is 18.7. The third-order valence-electron chi connectivity index (χ3n) is 5.95. The van der Waals surface area contributed by atoms with E-state index >= 15 is 0 Å². The van der Waals surface area contributed by atoms with Crippen molar-refractivity contribution in [3.63, 3.8) is 0 Å². The average Bonchev–Trinajstić information content (AvgIpc) is 3.52. The Bertz CT molecular complexity index is 1710. The minimum Gasteiger partial charge on any atom is -0.268 e. The van der Waals surface area contributed by atoms with Crippen molar-refractivity contribution in [2.75, 3.05) is 0 Å². The van der Waals surface area contributed by atoms with Gasteiger partial charge in [0.2, 0.25) is 0 Å². The maximum Gasteiger partial charge on any atom is 0.269 e. The van der Waals surface area contributed by atoms with Crippen molar-refractivity contribution in [1.82, 2.24) is 29.1 Å². The standard InChI is InChI=1S/C27H19ClN6O/c1-32-24(15-16-29-32)18-7-9-19(10-8-18)25-31-26-23(17-30-34(26)22-5-3-2-4-6-22)27(35)33(25)21-13-11-20(28)12-14-21/h2-17H,1H3. The molecule has 6 rings (SSSR count). The second-order valence-corrected chi connectivity index (χ2v) is 8.54. The number of hydrogen-bond acceptors (Lipinski definition) is 4. The van der Waals surface area contributed by atoms with E-state index in [0.29, 0.717) is 27.6 Å². The lowest BCUT2D eigenvalue weighted by Crippen LogP contribution is -2.22. The van der Waals surface area contributed by atoms with Crippen LogP contribution in [-0.4, -0.2) is 29.1 Å². The molecule has 0 saturated carbocycles. The molecule has 0 spiro atoms. The van der Waals surface area contributed by atoms with Crippen LogP contribution in [0, 0.1) is 0 Å². The van der Waals surface area contributed by atoms with Crippen molar-refractivity contribution in [3.8, 4) is 34.0 Å². The van der Waals surface area contributed by atoms with Gasteiger partial charge in [0.25, 0.3) is 5.56 Å². The number of halogens is 1. The highest BCUT2D eigenvalue weighted by molar-refractivity contribution is 6.30. The minimum absolute atomic E-state index is 0.204. The van der Waals surface area contributed by atoms with Gasteiger partial charge in [-0.1, -0.05) is 54.1 Å². The number of aryl methyl sites for hydroxylation is 1. The van der Waals surface area contributed by atoms with E-state index in [2.05, 4.69) is 10.2 Å². The maximum absolute atomic E-state index is 13.8. The second-order valence-electron chi connectivity index (χ2n) is 8.10. The molecule has 35 heavy (non-hydrogen) atoms. The first-order valence-electron chi connectivity index (χ1n) is 11.0. The van der Waals surface area contributed by atoms with Crippen LogP contribution in [0.4, 0.5) is 0 Å². The lowest BCUT2D eigenvalue weighted by atomic mass is 10.1. The number of rotatable bonds is 4. The highest BCUT2D eigenvalue weighted by atomic mass is 35.5. The average molecular weight is 479 g/mol. The molecule has 3 heterocycles. The molecule has 0 saturated heterocycles. The van der Waals surface area contributed by atoms with Gasteiger partial charge in [-0.05, 0) is 48.0 Å². The molecule has 0 amide bonds. The van der Waals surface area contributed by atoms with E-state index in [9.17, 15) is 4.79 Å². The molecule has 170 valence electrons. The highest BCUT2D eigenvalue weighted by Crippen LogP contribution is 2.27. The van der Waals surface area contributed by atoms with Crippen LogP contribution in [0.2, 0.25) is 5.02 Å². The van der Waals surface area contributed by atoms with Crippen molar-refractivity contribution in [2.45, 2.75) is 0 Å². The third-order valence-corrected chi connectivity index (χ3v) is 6.20. The Morgan fingerprint density at radius 3 is 2.17 bits per heavy atom. The van der Waals surface area contributed by atoms with Gasteiger partial charge in [0, 0.05) is 23.8 Å². The fourth-order valence-corrected chi connectivity index (χ4v) is 4.32. The number of nitrogens with zero attached hydrogens (tertiary/aromatic N) is 6. The fraction of sp³-hybridized carbons (Fsp3) is 0.0370. The molecule has 6 aromatic rings. The SMILES string of the molecule is Cn1nccc1-c1ccc(-c2nc3c(cnn3-c3ccccc3)c(=O)n2-c2ccc(Cl)cc2)cc1. The summed E-state index contributed by atoms with van der Waals surface area (Å²) in [4.78, 5) is 18.7. The van der Waals surface area contributed by atoms with Crippen LogP contribution in [0.25, 0.3) is 45.1 Å². The molecule has 7 nitrogen and oxygen atoms in total. The van der Waals surface area contributed by atoms with Crippen molar-refractivity contribution in [1.29, 1.82) is 0 Å². The van der Waals surface area contributed by atoms with Gasteiger partial charge in [0.1, 0.15) is 11.2 Å². The largest absolute Gasteiger partial charge is 0.269 e. The van der Waals surface area contributed by atoms with Crippen molar-refractivity contribution in [2.24, 2.45) is 7.05 Å². The molecule has 3 aromatic heterocycles. The first-order valence-corrected chi connectivity index (χ1v) is 11.4. The first kappa shape index (κ1) is 21.1. The molecule has 0 atom stereocenters. The molecule has 3 aromatic carbocycles. The topological polar surface area (TPSA) is 70.5 Å². The van der Waals surface area contributed by atoms with E-state index in [1.54, 1.807) is 33.8 Å². The van der Waals surface area contributed by atoms with E-state index in [-0.39, 0.29) is 5.56 Å². The van der Waals surface area contributed by atoms with Crippen LogP contribution >= 0.6 is 11.6 Å². The smallest absolute Gasteiger partial charge is 0.268 e. The highest BCUT2D eigenvalue weighted by Gasteiger charge is 2.19. The summed E-state index contributed by atoms with van der Waals surface area (Å²) in [6, 6.07) is 26.7. The molecular weight excluding hydrogens is 460 g/mol. The molecule has 0 fully saturated rings. The van der Waals surface area contributed by atoms with Crippen LogP contribution in [0.1, 0.15) is 0 Å². The van der Waals surface area contributed by atoms with E-state index in [1.807, 2.05) is 84.5 Å². The van der Waals surface area contributed by atoms with Crippen LogP contribution < -0.4 is 5.56 Å². The summed E-state index contributed by atoms with van der Waals surface area (Å²) >= 11 is 6.12. The molecule has 8 heteroatoms. The van der Waals surface area contributed by atoms with Gasteiger partial charge in [-0.15, -0.1) is 0 Å². The van der Waals surface area contributed by atoms with Crippen molar-refractivity contribution < 1.29 is 0 Å². The Morgan fingerprint density at radius 1 is 0.771 bits per heavy atom. The van der Waals surface area contributed by atoms with Crippen LogP contribution in [-0.2, 0) is 7.05 Å². The quantitative estimate of drug-likeness (QED) is 0.345. The number of benzene rings is 3. The monoisotopic (exact) mass is 478 g/mol. The molecule has 0 unspecified atom stereocenters. The molecule has 0 radical (unpaired) electrons. The Balaban J connectivity index is 1.60. The van der Waals surface area contributed by atoms with Gasteiger partial charge in [0.05, 0.1) is 23.3 Å². The van der Waals surface area contributed by atoms with Gasteiger partial charge in [-0.25, -0.2) is 9.67 Å². The number of aromatic nitrogens is 6. The predicted molar refractivity (Wildman–Crippen MR) is 137 cm³/mol. The van der Waals surface area contributed by atoms with Crippen LogP contribution in [0.3, 0.4) is 0 Å². The molecule has 0 aliphatic rings. The zero-order valence-corrected chi connectivity index (χ0v) is 19.5. The number of fused-ring (bicyclic) bond motifs is 1. The van der Waals surface area contributed by atoms with Gasteiger partial charge >= 0.3 is 0 Å². The summed E-state index contributed by atoms with van der Waals surface area (Å²) in [6.45, 7) is 0. The van der Waals surface area contributed by atoms with E-state index in [4.69, 9.17) is 16.6 Å². The van der Waals surface area contributed by atoms with E-state index < -0.39 is 0 Å². The second kappa shape index (κ2) is 8.38. The number of para-hydroxylation sites is 1. The first-order chi connectivity index (χ1) is 17.1. The normalized spacial score (nSPS) is 11.3. The molecule has 0 N–H and O–H groups in total. The summed E-state index contributed by atoms with van der Waals surface area (Å²) in [7, 11) is 1.90. The Kier molecular flexibility index (Phi) is 5.04. The zero-order chi connectivity index (χ0) is 23.9. The van der Waals surface area contributed by atoms with Crippen molar-refractivity contribution >= 4 is 22.6 Å². The van der Waals surface area contributed by atoms with Gasteiger partial charge in [0.15, 0.2) is 5.65 Å². The lowest BCUT2D eigenvalue weighted by molar-refractivity contribution is 0.776. The Labute approximate surface area is 205 Å². The van der Waals surface area contributed by atoms with Gasteiger partial charge in [-0.3, -0.25) is 14.0 Å². The Hall–Kier alpha value is -4.49. The predicted octanol–water partition coefficient (Wildman–Crippen LogP) is 5.29. The minimum atomic E-state index is -0.204. The summed E-state index contributed by atoms with van der Waals surface area (Å²) in [5.74, 6) is 0.513. The molecule has 0 aliphatic heterocycles. The summed E-state index contributed by atoms with van der Waals surface area (Å²) in [5.41, 5.74) is 4.61. The molecule has 0 aliphatic carbocycles. The third kappa shape index (κ3) is 3.62. The van der Waals surface area contributed by atoms with Gasteiger partial charge < -0.3 is 0 Å². The number of hydrogen-bond donors (Lipinski definition) is 0. The Morgan fingerprint density at radius 2 is 1.49 bits per heavy atom. The fourth-order valence-electron chi connectivity index (χ4n) is 4.20.